The van der Waals surface area contributed by atoms with Crippen LogP contribution in [0.5, 0.6) is 0 Å². The van der Waals surface area contributed by atoms with Crippen LogP contribution in [0, 0.1) is 6.92 Å². The van der Waals surface area contributed by atoms with Gasteiger partial charge in [0.1, 0.15) is 0 Å². The quantitative estimate of drug-likeness (QED) is 0.773. The predicted molar refractivity (Wildman–Crippen MR) is 109 cm³/mol. The minimum atomic E-state index is -0.360. The normalized spacial score (nSPS) is 14.5. The summed E-state index contributed by atoms with van der Waals surface area (Å²) in [6.45, 7) is 7.13. The number of anilines is 1. The Balaban J connectivity index is 1.61. The third-order valence-electron chi connectivity index (χ3n) is 4.88. The third kappa shape index (κ3) is 5.23. The first kappa shape index (κ1) is 20.6. The van der Waals surface area contributed by atoms with Crippen LogP contribution in [0.1, 0.15) is 33.4 Å². The van der Waals surface area contributed by atoms with E-state index in [1.807, 2.05) is 24.8 Å². The highest BCUT2D eigenvalue weighted by atomic mass is 16.3. The van der Waals surface area contributed by atoms with E-state index >= 15 is 0 Å². The third-order valence-corrected chi connectivity index (χ3v) is 4.88. The second kappa shape index (κ2) is 9.38. The van der Waals surface area contributed by atoms with E-state index in [1.165, 1.54) is 6.26 Å². The molecular weight excluding hydrogens is 372 g/mol. The van der Waals surface area contributed by atoms with E-state index in [4.69, 9.17) is 4.42 Å². The topological polar surface area (TPSA) is 94.9 Å². The Bertz CT molecular complexity index is 871. The minimum Gasteiger partial charge on any atom is -0.459 e. The summed E-state index contributed by atoms with van der Waals surface area (Å²) in [6, 6.07) is 8.50. The second-order valence-electron chi connectivity index (χ2n) is 6.98. The van der Waals surface area contributed by atoms with E-state index in [1.54, 1.807) is 29.2 Å². The Labute approximate surface area is 169 Å². The Morgan fingerprint density at radius 2 is 1.86 bits per heavy atom. The van der Waals surface area contributed by atoms with Crippen molar-refractivity contribution in [2.75, 3.05) is 44.6 Å². The van der Waals surface area contributed by atoms with Crippen LogP contribution in [-0.4, -0.2) is 66.8 Å². The van der Waals surface area contributed by atoms with Crippen LogP contribution in [0.3, 0.4) is 0 Å². The number of hydrogen-bond donors (Lipinski definition) is 2. The van der Waals surface area contributed by atoms with Crippen molar-refractivity contribution in [2.24, 2.45) is 0 Å². The molecule has 0 atom stereocenters. The van der Waals surface area contributed by atoms with Gasteiger partial charge in [-0.3, -0.25) is 19.3 Å². The van der Waals surface area contributed by atoms with Crippen molar-refractivity contribution >= 4 is 23.4 Å². The summed E-state index contributed by atoms with van der Waals surface area (Å²) < 4.78 is 5.11. The molecule has 0 bridgehead atoms. The lowest BCUT2D eigenvalue weighted by Gasteiger charge is -2.34. The van der Waals surface area contributed by atoms with Gasteiger partial charge in [-0.1, -0.05) is 6.07 Å². The molecule has 0 saturated carbocycles. The highest BCUT2D eigenvalue weighted by Gasteiger charge is 2.24. The molecule has 2 heterocycles. The van der Waals surface area contributed by atoms with Crippen LogP contribution in [0.15, 0.2) is 41.0 Å². The maximum Gasteiger partial charge on any atom is 0.291 e. The molecule has 8 heteroatoms. The van der Waals surface area contributed by atoms with Crippen LogP contribution in [0.25, 0.3) is 0 Å². The van der Waals surface area contributed by atoms with Crippen LogP contribution < -0.4 is 10.6 Å². The van der Waals surface area contributed by atoms with E-state index < -0.39 is 0 Å². The largest absolute Gasteiger partial charge is 0.459 e. The zero-order chi connectivity index (χ0) is 20.8. The molecule has 1 aliphatic rings. The van der Waals surface area contributed by atoms with Gasteiger partial charge in [-0.25, -0.2) is 0 Å². The van der Waals surface area contributed by atoms with Crippen molar-refractivity contribution in [2.45, 2.75) is 13.8 Å². The number of aryl methyl sites for hydroxylation is 1. The number of carbonyl (C=O) groups excluding carboxylic acids is 3. The monoisotopic (exact) mass is 398 g/mol. The van der Waals surface area contributed by atoms with E-state index in [0.29, 0.717) is 50.5 Å². The first-order chi connectivity index (χ1) is 14.0. The minimum absolute atomic E-state index is 0.00255. The van der Waals surface area contributed by atoms with Gasteiger partial charge in [-0.15, -0.1) is 0 Å². The molecule has 3 amide bonds. The SMILES string of the molecule is CCNC(=O)CN1CCN(C(=O)c2ccc(C)c(NC(=O)c3ccco3)c2)CC1. The number of benzene rings is 1. The van der Waals surface area contributed by atoms with Crippen molar-refractivity contribution in [3.63, 3.8) is 0 Å². The first-order valence-corrected chi connectivity index (χ1v) is 9.71. The maximum atomic E-state index is 12.9. The lowest BCUT2D eigenvalue weighted by molar-refractivity contribution is -0.122. The fraction of sp³-hybridized carbons (Fsp3) is 0.381. The van der Waals surface area contributed by atoms with Crippen LogP contribution in [0.4, 0.5) is 5.69 Å². The van der Waals surface area contributed by atoms with Crippen molar-refractivity contribution < 1.29 is 18.8 Å². The van der Waals surface area contributed by atoms with E-state index in [-0.39, 0.29) is 23.5 Å². The van der Waals surface area contributed by atoms with E-state index in [0.717, 1.165) is 5.56 Å². The summed E-state index contributed by atoms with van der Waals surface area (Å²) in [5.41, 5.74) is 1.95. The number of amides is 3. The standard InChI is InChI=1S/C21H26N4O4/c1-3-22-19(26)14-24-8-10-25(11-9-24)21(28)16-7-6-15(2)17(13-16)23-20(27)18-5-4-12-29-18/h4-7,12-13H,3,8-11,14H2,1-2H3,(H,22,26)(H,23,27). The van der Waals surface area contributed by atoms with Crippen LogP contribution >= 0.6 is 0 Å². The molecular formula is C21H26N4O4. The summed E-state index contributed by atoms with van der Waals surface area (Å²) >= 11 is 0. The molecule has 1 fully saturated rings. The van der Waals surface area contributed by atoms with Gasteiger partial charge >= 0.3 is 0 Å². The van der Waals surface area contributed by atoms with Crippen molar-refractivity contribution in [3.05, 3.63) is 53.5 Å². The molecule has 0 aliphatic carbocycles. The number of nitrogens with one attached hydrogen (secondary N) is 2. The number of hydrogen-bond acceptors (Lipinski definition) is 5. The Morgan fingerprint density at radius 3 is 2.52 bits per heavy atom. The highest BCUT2D eigenvalue weighted by molar-refractivity contribution is 6.04. The Hall–Kier alpha value is -3.13. The van der Waals surface area contributed by atoms with Gasteiger partial charge in [-0.2, -0.15) is 0 Å². The van der Waals surface area contributed by atoms with E-state index in [9.17, 15) is 14.4 Å². The van der Waals surface area contributed by atoms with Crippen molar-refractivity contribution in [1.29, 1.82) is 0 Å². The maximum absolute atomic E-state index is 12.9. The first-order valence-electron chi connectivity index (χ1n) is 9.71. The van der Waals surface area contributed by atoms with Gasteiger partial charge in [0.05, 0.1) is 12.8 Å². The fourth-order valence-electron chi connectivity index (χ4n) is 3.23. The van der Waals surface area contributed by atoms with Gasteiger partial charge in [0.2, 0.25) is 5.91 Å². The van der Waals surface area contributed by atoms with Crippen molar-refractivity contribution in [1.82, 2.24) is 15.1 Å². The van der Waals surface area contributed by atoms with Crippen LogP contribution in [-0.2, 0) is 4.79 Å². The summed E-state index contributed by atoms with van der Waals surface area (Å²) in [7, 11) is 0. The molecule has 1 saturated heterocycles. The van der Waals surface area contributed by atoms with Gasteiger partial charge in [0.25, 0.3) is 11.8 Å². The molecule has 0 spiro atoms. The molecule has 154 valence electrons. The average Bonchev–Trinajstić information content (AvgIpc) is 3.25. The Kier molecular flexibility index (Phi) is 6.66. The molecule has 1 aliphatic heterocycles. The summed E-state index contributed by atoms with van der Waals surface area (Å²) in [4.78, 5) is 40.7. The molecule has 1 aromatic carbocycles. The molecule has 2 N–H and O–H groups in total. The summed E-state index contributed by atoms with van der Waals surface area (Å²) in [5.74, 6) is -0.232. The number of likely N-dealkylation sites (N-methyl/N-ethyl adjacent to an activating group) is 1. The lowest BCUT2D eigenvalue weighted by atomic mass is 10.1. The summed E-state index contributed by atoms with van der Waals surface area (Å²) in [6.07, 6.45) is 1.44. The lowest BCUT2D eigenvalue weighted by Crippen LogP contribution is -2.51. The number of carbonyl (C=O) groups is 3. The van der Waals surface area contributed by atoms with Crippen LogP contribution in [0.2, 0.25) is 0 Å². The fourth-order valence-corrected chi connectivity index (χ4v) is 3.23. The predicted octanol–water partition coefficient (Wildman–Crippen LogP) is 1.73. The molecule has 1 aromatic heterocycles. The number of rotatable bonds is 6. The van der Waals surface area contributed by atoms with Gasteiger partial charge in [0.15, 0.2) is 5.76 Å². The van der Waals surface area contributed by atoms with Crippen molar-refractivity contribution in [3.8, 4) is 0 Å². The molecule has 0 radical (unpaired) electrons. The van der Waals surface area contributed by atoms with Gasteiger partial charge in [-0.05, 0) is 43.7 Å². The molecule has 8 nitrogen and oxygen atoms in total. The zero-order valence-electron chi connectivity index (χ0n) is 16.7. The van der Waals surface area contributed by atoms with Gasteiger partial charge < -0.3 is 20.0 Å². The van der Waals surface area contributed by atoms with E-state index in [2.05, 4.69) is 10.6 Å². The molecule has 2 aromatic rings. The number of furan rings is 1. The van der Waals surface area contributed by atoms with Gasteiger partial charge in [0, 0.05) is 44.0 Å². The molecule has 29 heavy (non-hydrogen) atoms. The average molecular weight is 398 g/mol. The molecule has 0 unspecified atom stereocenters. The summed E-state index contributed by atoms with van der Waals surface area (Å²) in [5, 5.41) is 5.58. The second-order valence-corrected chi connectivity index (χ2v) is 6.98. The zero-order valence-corrected chi connectivity index (χ0v) is 16.7. The number of piperazine rings is 1. The smallest absolute Gasteiger partial charge is 0.291 e. The Morgan fingerprint density at radius 1 is 1.10 bits per heavy atom. The highest BCUT2D eigenvalue weighted by Crippen LogP contribution is 2.20. The molecule has 3 rings (SSSR count). The number of nitrogens with zero attached hydrogens (tertiary/aromatic N) is 2.